The third-order valence-corrected chi connectivity index (χ3v) is 6.83. The number of imide groups is 1. The Morgan fingerprint density at radius 3 is 2.27 bits per heavy atom. The lowest BCUT2D eigenvalue weighted by Gasteiger charge is -2.36. The van der Waals surface area contributed by atoms with Crippen molar-refractivity contribution in [3.8, 4) is 0 Å². The van der Waals surface area contributed by atoms with Crippen LogP contribution >= 0.6 is 0 Å². The molecule has 4 rings (SSSR count). The minimum Gasteiger partial charge on any atom is -0.367 e. The molecule has 3 fully saturated rings. The topological polar surface area (TPSA) is 73.0 Å². The van der Waals surface area contributed by atoms with Crippen molar-refractivity contribution in [1.82, 2.24) is 9.80 Å². The summed E-state index contributed by atoms with van der Waals surface area (Å²) >= 11 is 0. The van der Waals surface area contributed by atoms with E-state index in [-0.39, 0.29) is 42.5 Å². The highest BCUT2D eigenvalue weighted by atomic mass is 16.2. The molecule has 0 aromatic heterocycles. The summed E-state index contributed by atoms with van der Waals surface area (Å²) in [5.41, 5.74) is 1.82. The fourth-order valence-corrected chi connectivity index (χ4v) is 5.04. The Kier molecular flexibility index (Phi) is 6.37. The zero-order chi connectivity index (χ0) is 21.1. The molecule has 1 aromatic rings. The molecule has 2 atom stereocenters. The number of hydrogen-bond donors (Lipinski definition) is 1. The number of nitrogens with zero attached hydrogens (tertiary/aromatic N) is 3. The second kappa shape index (κ2) is 9.16. The van der Waals surface area contributed by atoms with Crippen molar-refractivity contribution >= 4 is 29.1 Å². The number of carbonyl (C=O) groups excluding carboxylic acids is 3. The van der Waals surface area contributed by atoms with Crippen LogP contribution in [0.3, 0.4) is 0 Å². The molecule has 0 unspecified atom stereocenters. The Morgan fingerprint density at radius 2 is 1.63 bits per heavy atom. The largest absolute Gasteiger partial charge is 0.367 e. The zero-order valence-corrected chi connectivity index (χ0v) is 17.8. The zero-order valence-electron chi connectivity index (χ0n) is 17.8. The average molecular weight is 413 g/mol. The molecule has 0 spiro atoms. The molecule has 2 aliphatic heterocycles. The van der Waals surface area contributed by atoms with Gasteiger partial charge < -0.3 is 15.1 Å². The van der Waals surface area contributed by atoms with Crippen molar-refractivity contribution in [3.63, 3.8) is 0 Å². The molecule has 3 aliphatic rings. The van der Waals surface area contributed by atoms with Crippen LogP contribution < -0.4 is 10.2 Å². The number of likely N-dealkylation sites (N-methyl/N-ethyl adjacent to an activating group) is 1. The summed E-state index contributed by atoms with van der Waals surface area (Å²) in [6.45, 7) is 7.30. The van der Waals surface area contributed by atoms with Crippen LogP contribution in [-0.2, 0) is 14.4 Å². The lowest BCUT2D eigenvalue weighted by Crippen LogP contribution is -2.46. The van der Waals surface area contributed by atoms with Gasteiger partial charge in [-0.1, -0.05) is 31.9 Å². The van der Waals surface area contributed by atoms with Gasteiger partial charge in [0.25, 0.3) is 0 Å². The molecule has 162 valence electrons. The van der Waals surface area contributed by atoms with Crippen LogP contribution in [0, 0.1) is 11.8 Å². The predicted molar refractivity (Wildman–Crippen MR) is 116 cm³/mol. The van der Waals surface area contributed by atoms with E-state index in [1.807, 2.05) is 24.3 Å². The van der Waals surface area contributed by atoms with Gasteiger partial charge >= 0.3 is 0 Å². The highest BCUT2D eigenvalue weighted by Gasteiger charge is 2.47. The summed E-state index contributed by atoms with van der Waals surface area (Å²) in [4.78, 5) is 43.9. The maximum atomic E-state index is 12.6. The fourth-order valence-electron chi connectivity index (χ4n) is 5.04. The number of carbonyl (C=O) groups is 3. The molecule has 30 heavy (non-hydrogen) atoms. The van der Waals surface area contributed by atoms with Crippen LogP contribution in [-0.4, -0.2) is 66.8 Å². The molecular formula is C23H32N4O3. The predicted octanol–water partition coefficient (Wildman–Crippen LogP) is 2.33. The first-order valence-corrected chi connectivity index (χ1v) is 11.3. The molecule has 7 nitrogen and oxygen atoms in total. The van der Waals surface area contributed by atoms with Crippen LogP contribution in [0.1, 0.15) is 39.0 Å². The van der Waals surface area contributed by atoms with Gasteiger partial charge in [0.2, 0.25) is 17.7 Å². The Bertz CT molecular complexity index is 779. The van der Waals surface area contributed by atoms with Gasteiger partial charge in [0.15, 0.2) is 0 Å². The number of nitrogens with one attached hydrogen (secondary N) is 1. The summed E-state index contributed by atoms with van der Waals surface area (Å²) < 4.78 is 0. The van der Waals surface area contributed by atoms with Gasteiger partial charge in [0.1, 0.15) is 0 Å². The van der Waals surface area contributed by atoms with E-state index >= 15 is 0 Å². The highest BCUT2D eigenvalue weighted by molar-refractivity contribution is 6.05. The van der Waals surface area contributed by atoms with Crippen molar-refractivity contribution < 1.29 is 14.4 Å². The molecule has 0 bridgehead atoms. The summed E-state index contributed by atoms with van der Waals surface area (Å²) in [5, 5.41) is 3.01. The van der Waals surface area contributed by atoms with Gasteiger partial charge in [-0.3, -0.25) is 19.3 Å². The van der Waals surface area contributed by atoms with Crippen molar-refractivity contribution in [3.05, 3.63) is 24.3 Å². The second-order valence-corrected chi connectivity index (χ2v) is 8.56. The number of fused-ring (bicyclic) bond motifs is 1. The molecule has 2 heterocycles. The highest BCUT2D eigenvalue weighted by Crippen LogP contribution is 2.38. The number of para-hydroxylation sites is 2. The molecule has 1 aliphatic carbocycles. The maximum absolute atomic E-state index is 12.6. The average Bonchev–Trinajstić information content (AvgIpc) is 3.03. The van der Waals surface area contributed by atoms with E-state index in [4.69, 9.17) is 0 Å². The summed E-state index contributed by atoms with van der Waals surface area (Å²) in [6.07, 6.45) is 3.76. The molecule has 1 aromatic carbocycles. The number of hydrogen-bond acceptors (Lipinski definition) is 5. The van der Waals surface area contributed by atoms with Gasteiger partial charge in [0, 0.05) is 39.1 Å². The van der Waals surface area contributed by atoms with E-state index in [1.54, 1.807) is 0 Å². The smallest absolute Gasteiger partial charge is 0.233 e. The second-order valence-electron chi connectivity index (χ2n) is 8.56. The Labute approximate surface area is 178 Å². The van der Waals surface area contributed by atoms with E-state index in [9.17, 15) is 14.4 Å². The summed E-state index contributed by atoms with van der Waals surface area (Å²) in [5.74, 6) is -0.628. The molecule has 7 heteroatoms. The standard InChI is InChI=1S/C23H32N4O3/c1-2-25-13-15-26(16-14-25)20-10-6-5-9-19(20)24-21(28)11-12-27-22(29)17-7-3-4-8-18(17)23(27)30/h5-6,9-10,17-18H,2-4,7-8,11-16H2,1H3,(H,24,28)/t17-,18+. The summed E-state index contributed by atoms with van der Waals surface area (Å²) in [7, 11) is 0. The molecule has 3 amide bonds. The number of piperazine rings is 1. The lowest BCUT2D eigenvalue weighted by molar-refractivity contribution is -0.140. The van der Waals surface area contributed by atoms with Crippen molar-refractivity contribution in [1.29, 1.82) is 0 Å². The number of benzene rings is 1. The van der Waals surface area contributed by atoms with Crippen LogP contribution in [0.2, 0.25) is 0 Å². The number of rotatable bonds is 6. The Balaban J connectivity index is 1.35. The molecule has 1 N–H and O–H groups in total. The number of likely N-dealkylation sites (tertiary alicyclic amines) is 1. The third-order valence-electron chi connectivity index (χ3n) is 6.83. The van der Waals surface area contributed by atoms with E-state index in [0.717, 1.165) is 69.8 Å². The van der Waals surface area contributed by atoms with Crippen LogP contribution in [0.25, 0.3) is 0 Å². The van der Waals surface area contributed by atoms with Gasteiger partial charge in [-0.15, -0.1) is 0 Å². The number of anilines is 2. The molecule has 2 saturated heterocycles. The minimum atomic E-state index is -0.162. The first-order chi connectivity index (χ1) is 14.6. The van der Waals surface area contributed by atoms with E-state index < -0.39 is 0 Å². The van der Waals surface area contributed by atoms with Crippen molar-refractivity contribution in [2.45, 2.75) is 39.0 Å². The van der Waals surface area contributed by atoms with Crippen LogP contribution in [0.4, 0.5) is 11.4 Å². The lowest BCUT2D eigenvalue weighted by atomic mass is 9.81. The fraction of sp³-hybridized carbons (Fsp3) is 0.609. The Hall–Kier alpha value is -2.41. The first-order valence-electron chi connectivity index (χ1n) is 11.3. The van der Waals surface area contributed by atoms with Gasteiger partial charge in [-0.05, 0) is 31.5 Å². The normalized spacial score (nSPS) is 24.8. The maximum Gasteiger partial charge on any atom is 0.233 e. The first kappa shape index (κ1) is 20.8. The minimum absolute atomic E-state index is 0.0771. The number of amides is 3. The van der Waals surface area contributed by atoms with E-state index in [0.29, 0.717) is 0 Å². The van der Waals surface area contributed by atoms with Gasteiger partial charge in [0.05, 0.1) is 23.2 Å². The van der Waals surface area contributed by atoms with E-state index in [2.05, 4.69) is 22.0 Å². The monoisotopic (exact) mass is 412 g/mol. The molecule has 0 radical (unpaired) electrons. The quantitative estimate of drug-likeness (QED) is 0.726. The third kappa shape index (κ3) is 4.21. The molecular weight excluding hydrogens is 380 g/mol. The van der Waals surface area contributed by atoms with Crippen molar-refractivity contribution in [2.24, 2.45) is 11.8 Å². The van der Waals surface area contributed by atoms with Crippen LogP contribution in [0.15, 0.2) is 24.3 Å². The van der Waals surface area contributed by atoms with Gasteiger partial charge in [-0.25, -0.2) is 0 Å². The molecule has 1 saturated carbocycles. The summed E-state index contributed by atoms with van der Waals surface area (Å²) in [6, 6.07) is 7.86. The SMILES string of the molecule is CCN1CCN(c2ccccc2NC(=O)CCN2C(=O)[C@H]3CCCC[C@H]3C2=O)CC1. The van der Waals surface area contributed by atoms with Crippen LogP contribution in [0.5, 0.6) is 0 Å². The van der Waals surface area contributed by atoms with Crippen molar-refractivity contribution in [2.75, 3.05) is 49.5 Å². The van der Waals surface area contributed by atoms with Gasteiger partial charge in [-0.2, -0.15) is 0 Å². The van der Waals surface area contributed by atoms with E-state index in [1.165, 1.54) is 4.90 Å². The Morgan fingerprint density at radius 1 is 1.00 bits per heavy atom.